The maximum absolute atomic E-state index is 12.3. The summed E-state index contributed by atoms with van der Waals surface area (Å²) in [4.78, 5) is 24.2. The van der Waals surface area contributed by atoms with Crippen LogP contribution < -0.4 is 0 Å². The Morgan fingerprint density at radius 2 is 1.45 bits per heavy atom. The van der Waals surface area contributed by atoms with Crippen molar-refractivity contribution in [3.05, 3.63) is 69.8 Å². The van der Waals surface area contributed by atoms with Crippen LogP contribution in [0.2, 0.25) is 0 Å². The Balaban J connectivity index is 2.05. The molecule has 2 unspecified atom stereocenters. The van der Waals surface area contributed by atoms with E-state index in [1.54, 1.807) is 13.8 Å². The summed E-state index contributed by atoms with van der Waals surface area (Å²) in [5.74, 6) is 0.611. The van der Waals surface area contributed by atoms with Gasteiger partial charge in [0.1, 0.15) is 0 Å². The van der Waals surface area contributed by atoms with Gasteiger partial charge in [0.15, 0.2) is 11.6 Å². The second-order valence-corrected chi connectivity index (χ2v) is 6.41. The van der Waals surface area contributed by atoms with E-state index < -0.39 is 0 Å². The molecule has 2 aromatic rings. The second-order valence-electron chi connectivity index (χ2n) is 6.41. The number of rotatable bonds is 2. The molecule has 110 valence electrons. The average molecular weight is 290 g/mol. The number of hydrogen-bond donors (Lipinski definition) is 0. The fraction of sp³-hybridized carbons (Fsp3) is 0.300. The third-order valence-electron chi connectivity index (χ3n) is 5.23. The first kappa shape index (κ1) is 13.4. The van der Waals surface area contributed by atoms with Crippen LogP contribution in [0.15, 0.2) is 36.4 Å². The van der Waals surface area contributed by atoms with Gasteiger partial charge in [0.05, 0.1) is 0 Å². The molecule has 0 fully saturated rings. The van der Waals surface area contributed by atoms with Gasteiger partial charge in [-0.1, -0.05) is 36.4 Å². The van der Waals surface area contributed by atoms with Crippen molar-refractivity contribution in [1.29, 1.82) is 0 Å². The summed E-state index contributed by atoms with van der Waals surface area (Å²) < 4.78 is 0. The third kappa shape index (κ3) is 1.67. The topological polar surface area (TPSA) is 34.1 Å². The molecule has 0 aliphatic heterocycles. The van der Waals surface area contributed by atoms with Gasteiger partial charge < -0.3 is 0 Å². The van der Waals surface area contributed by atoms with Gasteiger partial charge in [-0.15, -0.1) is 0 Å². The monoisotopic (exact) mass is 290 g/mol. The lowest BCUT2D eigenvalue weighted by Crippen LogP contribution is -2.27. The van der Waals surface area contributed by atoms with E-state index in [0.717, 1.165) is 18.4 Å². The molecule has 0 saturated heterocycles. The molecule has 3 aliphatic rings. The molecule has 0 N–H and O–H groups in total. The SMILES string of the molecule is CC(=O)c1ccc2c(c1C(C)=O)C1CCC2c2ccccc21. The van der Waals surface area contributed by atoms with E-state index >= 15 is 0 Å². The standard InChI is InChI=1S/C20H18O2/c1-11(21)13-7-9-18-16-8-10-17(20(18)19(13)12(2)22)15-6-4-3-5-14(15)16/h3-7,9,16-17H,8,10H2,1-2H3. The molecule has 0 amide bonds. The molecule has 2 aromatic carbocycles. The zero-order chi connectivity index (χ0) is 15.4. The van der Waals surface area contributed by atoms with Gasteiger partial charge in [0, 0.05) is 23.0 Å². The summed E-state index contributed by atoms with van der Waals surface area (Å²) in [6.07, 6.45) is 2.20. The van der Waals surface area contributed by atoms with Gasteiger partial charge in [0.25, 0.3) is 0 Å². The highest BCUT2D eigenvalue weighted by Gasteiger charge is 2.39. The summed E-state index contributed by atoms with van der Waals surface area (Å²) in [5, 5.41) is 0. The molecule has 2 atom stereocenters. The molecule has 0 saturated carbocycles. The summed E-state index contributed by atoms with van der Waals surface area (Å²) >= 11 is 0. The van der Waals surface area contributed by atoms with Crippen molar-refractivity contribution in [3.8, 4) is 0 Å². The van der Waals surface area contributed by atoms with Crippen LogP contribution in [-0.2, 0) is 0 Å². The van der Waals surface area contributed by atoms with Gasteiger partial charge in [-0.3, -0.25) is 9.59 Å². The Labute approximate surface area is 130 Å². The minimum absolute atomic E-state index is 0.00656. The lowest BCUT2D eigenvalue weighted by molar-refractivity contribution is 0.0979. The van der Waals surface area contributed by atoms with E-state index in [2.05, 4.69) is 30.3 Å². The molecule has 0 radical (unpaired) electrons. The molecule has 0 heterocycles. The molecule has 5 rings (SSSR count). The van der Waals surface area contributed by atoms with Crippen LogP contribution in [0.4, 0.5) is 0 Å². The molecule has 0 aromatic heterocycles. The minimum atomic E-state index is -0.0252. The number of carbonyl (C=O) groups excluding carboxylic acids is 2. The van der Waals surface area contributed by atoms with Crippen LogP contribution in [0.3, 0.4) is 0 Å². The van der Waals surface area contributed by atoms with Crippen molar-refractivity contribution in [2.45, 2.75) is 38.5 Å². The minimum Gasteiger partial charge on any atom is -0.294 e. The molecule has 0 spiro atoms. The summed E-state index contributed by atoms with van der Waals surface area (Å²) in [5.41, 5.74) is 6.36. The number of ketones is 2. The first-order chi connectivity index (χ1) is 10.6. The number of hydrogen-bond acceptors (Lipinski definition) is 2. The maximum atomic E-state index is 12.3. The highest BCUT2D eigenvalue weighted by Crippen LogP contribution is 2.54. The van der Waals surface area contributed by atoms with Crippen molar-refractivity contribution in [1.82, 2.24) is 0 Å². The number of benzene rings is 2. The van der Waals surface area contributed by atoms with Crippen LogP contribution in [-0.4, -0.2) is 11.6 Å². The molecule has 3 aliphatic carbocycles. The van der Waals surface area contributed by atoms with Gasteiger partial charge >= 0.3 is 0 Å². The lowest BCUT2D eigenvalue weighted by Gasteiger charge is -2.41. The van der Waals surface area contributed by atoms with Crippen LogP contribution in [0.1, 0.15) is 81.5 Å². The zero-order valence-electron chi connectivity index (χ0n) is 12.8. The van der Waals surface area contributed by atoms with E-state index in [4.69, 9.17) is 0 Å². The highest BCUT2D eigenvalue weighted by molar-refractivity contribution is 6.08. The van der Waals surface area contributed by atoms with Crippen molar-refractivity contribution >= 4 is 11.6 Å². The van der Waals surface area contributed by atoms with E-state index in [1.807, 2.05) is 6.07 Å². The van der Waals surface area contributed by atoms with Gasteiger partial charge in [-0.25, -0.2) is 0 Å². The first-order valence-corrected chi connectivity index (χ1v) is 7.87. The predicted octanol–water partition coefficient (Wildman–Crippen LogP) is 4.46. The van der Waals surface area contributed by atoms with Crippen LogP contribution in [0.25, 0.3) is 0 Å². The van der Waals surface area contributed by atoms with Crippen LogP contribution in [0.5, 0.6) is 0 Å². The quantitative estimate of drug-likeness (QED) is 0.765. The molecule has 22 heavy (non-hydrogen) atoms. The first-order valence-electron chi connectivity index (χ1n) is 7.87. The van der Waals surface area contributed by atoms with E-state index in [-0.39, 0.29) is 17.5 Å². The molecule has 2 heteroatoms. The van der Waals surface area contributed by atoms with E-state index in [9.17, 15) is 9.59 Å². The Bertz CT molecular complexity index is 816. The number of fused-ring (bicyclic) bond motifs is 1. The van der Waals surface area contributed by atoms with Crippen molar-refractivity contribution in [3.63, 3.8) is 0 Å². The summed E-state index contributed by atoms with van der Waals surface area (Å²) in [6, 6.07) is 12.5. The highest BCUT2D eigenvalue weighted by atomic mass is 16.1. The maximum Gasteiger partial charge on any atom is 0.160 e. The Kier molecular flexibility index (Phi) is 2.83. The zero-order valence-corrected chi connectivity index (χ0v) is 12.8. The molecule has 2 nitrogen and oxygen atoms in total. The predicted molar refractivity (Wildman–Crippen MR) is 85.8 cm³/mol. The van der Waals surface area contributed by atoms with Crippen LogP contribution in [0, 0.1) is 0 Å². The smallest absolute Gasteiger partial charge is 0.160 e. The van der Waals surface area contributed by atoms with E-state index in [0.29, 0.717) is 17.0 Å². The van der Waals surface area contributed by atoms with Gasteiger partial charge in [0.2, 0.25) is 0 Å². The van der Waals surface area contributed by atoms with Crippen molar-refractivity contribution < 1.29 is 9.59 Å². The largest absolute Gasteiger partial charge is 0.294 e. The van der Waals surface area contributed by atoms with Gasteiger partial charge in [-0.05, 0) is 48.9 Å². The summed E-state index contributed by atoms with van der Waals surface area (Å²) in [7, 11) is 0. The average Bonchev–Trinajstić information content (AvgIpc) is 2.54. The molecule has 2 bridgehead atoms. The number of Topliss-reactive ketones (excluding diaryl/α,β-unsaturated/α-hetero) is 2. The fourth-order valence-corrected chi connectivity index (χ4v) is 4.40. The van der Waals surface area contributed by atoms with Crippen LogP contribution >= 0.6 is 0 Å². The normalized spacial score (nSPS) is 21.2. The van der Waals surface area contributed by atoms with Crippen molar-refractivity contribution in [2.75, 3.05) is 0 Å². The Morgan fingerprint density at radius 3 is 2.09 bits per heavy atom. The third-order valence-corrected chi connectivity index (χ3v) is 5.23. The molecular formula is C20H18O2. The molecular weight excluding hydrogens is 272 g/mol. The number of carbonyl (C=O) groups is 2. The lowest BCUT2D eigenvalue weighted by atomic mass is 9.62. The Morgan fingerprint density at radius 1 is 0.818 bits per heavy atom. The fourth-order valence-electron chi connectivity index (χ4n) is 4.40. The second kappa shape index (κ2) is 4.64. The van der Waals surface area contributed by atoms with E-state index in [1.165, 1.54) is 16.7 Å². The Hall–Kier alpha value is -2.22. The summed E-state index contributed by atoms with van der Waals surface area (Å²) in [6.45, 7) is 3.12. The van der Waals surface area contributed by atoms with Crippen molar-refractivity contribution in [2.24, 2.45) is 0 Å². The van der Waals surface area contributed by atoms with Gasteiger partial charge in [-0.2, -0.15) is 0 Å².